The average molecular weight is 411 g/mol. The highest BCUT2D eigenvalue weighted by Crippen LogP contribution is 2.46. The van der Waals surface area contributed by atoms with Crippen LogP contribution >= 0.6 is 0 Å². The molecule has 5 aromatic heterocycles. The van der Waals surface area contributed by atoms with Crippen LogP contribution in [0.15, 0.2) is 59.8 Å². The second kappa shape index (κ2) is 6.87. The first-order valence-electron chi connectivity index (χ1n) is 10.4. The summed E-state index contributed by atoms with van der Waals surface area (Å²) in [7, 11) is 1.90. The highest BCUT2D eigenvalue weighted by atomic mass is 16.4. The lowest BCUT2D eigenvalue weighted by Gasteiger charge is -2.24. The number of aromatic amines is 1. The molecule has 1 aliphatic carbocycles. The van der Waals surface area contributed by atoms with Gasteiger partial charge in [0.2, 0.25) is 11.8 Å². The van der Waals surface area contributed by atoms with E-state index in [2.05, 4.69) is 42.4 Å². The molecule has 8 heteroatoms. The number of hydrogen-bond donors (Lipinski definition) is 1. The lowest BCUT2D eigenvalue weighted by Crippen LogP contribution is -2.24. The van der Waals surface area contributed by atoms with Gasteiger partial charge in [0.25, 0.3) is 0 Å². The van der Waals surface area contributed by atoms with Gasteiger partial charge in [-0.25, -0.2) is 4.98 Å². The van der Waals surface area contributed by atoms with Crippen molar-refractivity contribution in [1.82, 2.24) is 34.9 Å². The van der Waals surface area contributed by atoms with Gasteiger partial charge in [-0.2, -0.15) is 5.10 Å². The van der Waals surface area contributed by atoms with Crippen LogP contribution in [0.5, 0.6) is 0 Å². The van der Waals surface area contributed by atoms with Gasteiger partial charge in [0.15, 0.2) is 0 Å². The number of hydrogen-bond acceptors (Lipinski definition) is 6. The van der Waals surface area contributed by atoms with Crippen LogP contribution in [0, 0.1) is 0 Å². The van der Waals surface area contributed by atoms with E-state index >= 15 is 0 Å². The predicted octanol–water partition coefficient (Wildman–Crippen LogP) is 4.27. The Morgan fingerprint density at radius 2 is 2.00 bits per heavy atom. The largest absolute Gasteiger partial charge is 0.420 e. The van der Waals surface area contributed by atoms with Gasteiger partial charge in [0, 0.05) is 54.5 Å². The second-order valence-corrected chi connectivity index (χ2v) is 8.17. The molecule has 31 heavy (non-hydrogen) atoms. The Labute approximate surface area is 178 Å². The third-order valence-electron chi connectivity index (χ3n) is 6.31. The summed E-state index contributed by atoms with van der Waals surface area (Å²) in [6.45, 7) is 0. The van der Waals surface area contributed by atoms with Crippen molar-refractivity contribution in [3.8, 4) is 22.6 Å². The highest BCUT2D eigenvalue weighted by molar-refractivity contribution is 5.93. The van der Waals surface area contributed by atoms with Crippen LogP contribution in [0.4, 0.5) is 0 Å². The van der Waals surface area contributed by atoms with Crippen molar-refractivity contribution in [2.45, 2.75) is 31.1 Å². The first-order chi connectivity index (χ1) is 15.2. The fourth-order valence-electron chi connectivity index (χ4n) is 4.68. The van der Waals surface area contributed by atoms with Crippen molar-refractivity contribution in [3.63, 3.8) is 0 Å². The van der Waals surface area contributed by atoms with Crippen molar-refractivity contribution in [2.75, 3.05) is 0 Å². The van der Waals surface area contributed by atoms with Crippen LogP contribution in [-0.4, -0.2) is 34.9 Å². The van der Waals surface area contributed by atoms with Crippen LogP contribution in [0.1, 0.15) is 37.1 Å². The number of rotatable bonds is 4. The van der Waals surface area contributed by atoms with E-state index in [9.17, 15) is 0 Å². The van der Waals surface area contributed by atoms with E-state index in [1.807, 2.05) is 44.1 Å². The summed E-state index contributed by atoms with van der Waals surface area (Å²) < 4.78 is 8.09. The van der Waals surface area contributed by atoms with Crippen LogP contribution in [0.3, 0.4) is 0 Å². The third-order valence-corrected chi connectivity index (χ3v) is 6.31. The van der Waals surface area contributed by atoms with E-state index in [1.165, 1.54) is 0 Å². The molecule has 8 nitrogen and oxygen atoms in total. The maximum Gasteiger partial charge on any atom is 0.249 e. The normalized spacial score (nSPS) is 15.6. The lowest BCUT2D eigenvalue weighted by molar-refractivity contribution is 0.379. The van der Waals surface area contributed by atoms with Gasteiger partial charge in [-0.1, -0.05) is 18.9 Å². The Bertz CT molecular complexity index is 1360. The van der Waals surface area contributed by atoms with Gasteiger partial charge in [0.1, 0.15) is 5.65 Å². The Morgan fingerprint density at radius 3 is 2.77 bits per heavy atom. The number of nitrogens with zero attached hydrogens (tertiary/aromatic N) is 6. The predicted molar refractivity (Wildman–Crippen MR) is 115 cm³/mol. The molecule has 0 amide bonds. The van der Waals surface area contributed by atoms with E-state index in [-0.39, 0.29) is 5.41 Å². The molecule has 1 aliphatic rings. The molecule has 1 saturated carbocycles. The van der Waals surface area contributed by atoms with Crippen LogP contribution in [0.2, 0.25) is 0 Å². The molecule has 0 unspecified atom stereocenters. The monoisotopic (exact) mass is 411 g/mol. The number of aryl methyl sites for hydroxylation is 1. The number of fused-ring (bicyclic) bond motifs is 1. The molecule has 5 heterocycles. The molecule has 1 N–H and O–H groups in total. The van der Waals surface area contributed by atoms with Crippen molar-refractivity contribution in [1.29, 1.82) is 0 Å². The van der Waals surface area contributed by atoms with E-state index in [4.69, 9.17) is 4.42 Å². The molecule has 0 saturated heterocycles. The molecular weight excluding hydrogens is 390 g/mol. The summed E-state index contributed by atoms with van der Waals surface area (Å²) in [4.78, 5) is 12.1. The molecule has 5 aromatic rings. The van der Waals surface area contributed by atoms with E-state index < -0.39 is 0 Å². The van der Waals surface area contributed by atoms with Crippen LogP contribution in [0.25, 0.3) is 33.6 Å². The Kier molecular flexibility index (Phi) is 3.99. The quantitative estimate of drug-likeness (QED) is 0.474. The van der Waals surface area contributed by atoms with Gasteiger partial charge in [-0.3, -0.25) is 9.67 Å². The van der Waals surface area contributed by atoms with Gasteiger partial charge in [-0.05, 0) is 30.5 Å². The summed E-state index contributed by atoms with van der Waals surface area (Å²) in [6.07, 6.45) is 15.5. The Balaban J connectivity index is 1.44. The highest BCUT2D eigenvalue weighted by Gasteiger charge is 2.42. The maximum absolute atomic E-state index is 6.31. The molecule has 1 fully saturated rings. The third kappa shape index (κ3) is 2.86. The van der Waals surface area contributed by atoms with Gasteiger partial charge < -0.3 is 9.40 Å². The molecule has 0 spiro atoms. The molecule has 154 valence electrons. The topological polar surface area (TPSA) is 98.3 Å². The minimum absolute atomic E-state index is 0.259. The van der Waals surface area contributed by atoms with Gasteiger partial charge >= 0.3 is 0 Å². The van der Waals surface area contributed by atoms with Crippen LogP contribution in [-0.2, 0) is 12.5 Å². The van der Waals surface area contributed by atoms with E-state index in [0.29, 0.717) is 11.8 Å². The fourth-order valence-corrected chi connectivity index (χ4v) is 4.68. The summed E-state index contributed by atoms with van der Waals surface area (Å²) in [6, 6.07) is 6.16. The Hall–Kier alpha value is -3.81. The second-order valence-electron chi connectivity index (χ2n) is 8.17. The van der Waals surface area contributed by atoms with Crippen LogP contribution < -0.4 is 0 Å². The summed E-state index contributed by atoms with van der Waals surface area (Å²) >= 11 is 0. The zero-order valence-corrected chi connectivity index (χ0v) is 17.1. The average Bonchev–Trinajstić information content (AvgIpc) is 3.59. The molecule has 0 bridgehead atoms. The minimum atomic E-state index is -0.259. The number of nitrogens with one attached hydrogen (secondary N) is 1. The first kappa shape index (κ1) is 18.0. The van der Waals surface area contributed by atoms with Crippen molar-refractivity contribution in [3.05, 3.63) is 66.8 Å². The molecule has 0 aromatic carbocycles. The lowest BCUT2D eigenvalue weighted by atomic mass is 9.79. The van der Waals surface area contributed by atoms with Gasteiger partial charge in [-0.15, -0.1) is 10.2 Å². The molecule has 0 radical (unpaired) electrons. The molecule has 6 rings (SSSR count). The minimum Gasteiger partial charge on any atom is -0.420 e. The zero-order valence-electron chi connectivity index (χ0n) is 17.1. The summed E-state index contributed by atoms with van der Waals surface area (Å²) in [5.74, 6) is 1.17. The number of pyridine rings is 2. The number of aromatic nitrogens is 7. The zero-order chi connectivity index (χ0) is 20.8. The molecule has 0 atom stereocenters. The molecule has 0 aliphatic heterocycles. The SMILES string of the molecule is Cn1cc(-c2cnc3[nH]cc(-c4nnc(C5(c6cccnc6)CCCC5)o4)c3c2)cn1. The van der Waals surface area contributed by atoms with Gasteiger partial charge in [0.05, 0.1) is 17.2 Å². The van der Waals surface area contributed by atoms with Crippen molar-refractivity contribution >= 4 is 11.0 Å². The first-order valence-corrected chi connectivity index (χ1v) is 10.4. The standard InChI is InChI=1S/C23H21N7O/c1-30-14-16(11-27-30)15-9-18-19(13-26-20(18)25-10-15)21-28-29-22(31-21)23(6-2-3-7-23)17-5-4-8-24-12-17/h4-5,8-14H,2-3,6-7H2,1H3,(H,25,26). The summed E-state index contributed by atoms with van der Waals surface area (Å²) in [5.41, 5.74) is 4.52. The van der Waals surface area contributed by atoms with E-state index in [0.717, 1.165) is 59.0 Å². The maximum atomic E-state index is 6.31. The Morgan fingerprint density at radius 1 is 1.10 bits per heavy atom. The fraction of sp³-hybridized carbons (Fsp3) is 0.261. The molecular formula is C23H21N7O. The smallest absolute Gasteiger partial charge is 0.249 e. The van der Waals surface area contributed by atoms with Crippen molar-refractivity contribution in [2.24, 2.45) is 7.05 Å². The summed E-state index contributed by atoms with van der Waals surface area (Å²) in [5, 5.41) is 14.1. The number of H-pyrrole nitrogens is 1. The van der Waals surface area contributed by atoms with Crippen molar-refractivity contribution < 1.29 is 4.42 Å². The van der Waals surface area contributed by atoms with E-state index in [1.54, 1.807) is 10.9 Å².